The molecule has 1 saturated carbocycles. The molecule has 0 atom stereocenters. The van der Waals surface area contributed by atoms with Crippen LogP contribution in [0.4, 0.5) is 0 Å². The van der Waals surface area contributed by atoms with Crippen molar-refractivity contribution in [3.63, 3.8) is 0 Å². The smallest absolute Gasteiger partial charge is 0.241 e. The standard InChI is InChI=1S/C12H22N4O/c1-15-7-4-8-16(9-11(15)17)12(13)14-10-5-2-3-6-10/h10H,2-9H2,1H3,(H2,13,14). The number of hydrogen-bond donors (Lipinski definition) is 1. The van der Waals surface area contributed by atoms with E-state index >= 15 is 0 Å². The van der Waals surface area contributed by atoms with E-state index in [0.717, 1.165) is 32.4 Å². The Hall–Kier alpha value is -1.26. The number of hydrogen-bond acceptors (Lipinski definition) is 2. The zero-order chi connectivity index (χ0) is 12.3. The van der Waals surface area contributed by atoms with Gasteiger partial charge in [0, 0.05) is 20.1 Å². The van der Waals surface area contributed by atoms with Crippen LogP contribution in [0.25, 0.3) is 0 Å². The van der Waals surface area contributed by atoms with Gasteiger partial charge in [-0.1, -0.05) is 12.8 Å². The minimum absolute atomic E-state index is 0.132. The number of nitrogens with zero attached hydrogens (tertiary/aromatic N) is 3. The fourth-order valence-electron chi connectivity index (χ4n) is 2.48. The SMILES string of the molecule is CN1CCCN(C(N)=NC2CCCC2)CC1=O. The molecule has 2 rings (SSSR count). The first-order valence-electron chi connectivity index (χ1n) is 6.49. The van der Waals surface area contributed by atoms with Crippen LogP contribution in [0.2, 0.25) is 0 Å². The van der Waals surface area contributed by atoms with Crippen LogP contribution in [-0.2, 0) is 4.79 Å². The third-order valence-electron chi connectivity index (χ3n) is 3.64. The Bertz CT molecular complexity index is 310. The Kier molecular flexibility index (Phi) is 3.86. The lowest BCUT2D eigenvalue weighted by Crippen LogP contribution is -2.42. The maximum atomic E-state index is 11.7. The van der Waals surface area contributed by atoms with Crippen LogP contribution in [0.3, 0.4) is 0 Å². The highest BCUT2D eigenvalue weighted by molar-refractivity contribution is 5.86. The third-order valence-corrected chi connectivity index (χ3v) is 3.64. The number of likely N-dealkylation sites (N-methyl/N-ethyl adjacent to an activating group) is 1. The minimum Gasteiger partial charge on any atom is -0.370 e. The normalized spacial score (nSPS) is 24.3. The highest BCUT2D eigenvalue weighted by atomic mass is 16.2. The molecule has 17 heavy (non-hydrogen) atoms. The molecular formula is C12H22N4O. The van der Waals surface area contributed by atoms with Gasteiger partial charge in [-0.2, -0.15) is 0 Å². The van der Waals surface area contributed by atoms with Crippen molar-refractivity contribution in [2.75, 3.05) is 26.7 Å². The molecule has 0 radical (unpaired) electrons. The molecule has 0 aromatic carbocycles. The van der Waals surface area contributed by atoms with E-state index in [1.807, 2.05) is 11.9 Å². The van der Waals surface area contributed by atoms with Gasteiger partial charge in [0.1, 0.15) is 0 Å². The summed E-state index contributed by atoms with van der Waals surface area (Å²) in [4.78, 5) is 20.0. The van der Waals surface area contributed by atoms with E-state index in [9.17, 15) is 4.79 Å². The number of nitrogens with two attached hydrogens (primary N) is 1. The summed E-state index contributed by atoms with van der Waals surface area (Å²) in [6, 6.07) is 0.381. The van der Waals surface area contributed by atoms with E-state index in [-0.39, 0.29) is 5.91 Å². The number of amides is 1. The summed E-state index contributed by atoms with van der Waals surface area (Å²) in [5.74, 6) is 0.688. The number of guanidine groups is 1. The first-order chi connectivity index (χ1) is 8.16. The summed E-state index contributed by atoms with van der Waals surface area (Å²) in [5.41, 5.74) is 6.01. The molecule has 0 bridgehead atoms. The molecule has 0 aromatic heterocycles. The number of carbonyl (C=O) groups is 1. The van der Waals surface area contributed by atoms with Gasteiger partial charge in [0.25, 0.3) is 0 Å². The maximum Gasteiger partial charge on any atom is 0.241 e. The second-order valence-electron chi connectivity index (χ2n) is 5.02. The van der Waals surface area contributed by atoms with Gasteiger partial charge in [0.2, 0.25) is 5.91 Å². The molecule has 1 aliphatic carbocycles. The van der Waals surface area contributed by atoms with E-state index < -0.39 is 0 Å². The van der Waals surface area contributed by atoms with Crippen LogP contribution < -0.4 is 5.73 Å². The van der Waals surface area contributed by atoms with Crippen LogP contribution in [-0.4, -0.2) is 54.4 Å². The highest BCUT2D eigenvalue weighted by Crippen LogP contribution is 2.21. The first kappa shape index (κ1) is 12.2. The van der Waals surface area contributed by atoms with Crippen molar-refractivity contribution in [1.82, 2.24) is 9.80 Å². The average Bonchev–Trinajstić information content (AvgIpc) is 2.73. The van der Waals surface area contributed by atoms with E-state index in [4.69, 9.17) is 5.73 Å². The van der Waals surface area contributed by atoms with Crippen molar-refractivity contribution >= 4 is 11.9 Å². The first-order valence-corrected chi connectivity index (χ1v) is 6.49. The van der Waals surface area contributed by atoms with Gasteiger partial charge in [-0.15, -0.1) is 0 Å². The molecule has 2 aliphatic rings. The van der Waals surface area contributed by atoms with Gasteiger partial charge in [-0.25, -0.2) is 4.99 Å². The molecule has 0 aromatic rings. The van der Waals surface area contributed by atoms with Crippen molar-refractivity contribution in [2.24, 2.45) is 10.7 Å². The molecule has 0 spiro atoms. The lowest BCUT2D eigenvalue weighted by atomic mass is 10.3. The van der Waals surface area contributed by atoms with Crippen LogP contribution >= 0.6 is 0 Å². The van der Waals surface area contributed by atoms with E-state index in [0.29, 0.717) is 18.5 Å². The van der Waals surface area contributed by atoms with Crippen LogP contribution in [0, 0.1) is 0 Å². The Morgan fingerprint density at radius 1 is 1.29 bits per heavy atom. The lowest BCUT2D eigenvalue weighted by Gasteiger charge is -2.21. The molecule has 5 nitrogen and oxygen atoms in total. The Balaban J connectivity index is 1.97. The summed E-state index contributed by atoms with van der Waals surface area (Å²) in [7, 11) is 1.84. The molecular weight excluding hydrogens is 216 g/mol. The fraction of sp³-hybridized carbons (Fsp3) is 0.833. The van der Waals surface area contributed by atoms with E-state index in [2.05, 4.69) is 4.99 Å². The van der Waals surface area contributed by atoms with Gasteiger partial charge in [0.15, 0.2) is 5.96 Å². The Morgan fingerprint density at radius 3 is 2.71 bits per heavy atom. The molecule has 0 unspecified atom stereocenters. The molecule has 2 fully saturated rings. The summed E-state index contributed by atoms with van der Waals surface area (Å²) < 4.78 is 0. The number of rotatable bonds is 1. The number of carbonyl (C=O) groups excluding carboxylic acids is 1. The summed E-state index contributed by atoms with van der Waals surface area (Å²) in [6.07, 6.45) is 5.75. The fourth-order valence-corrected chi connectivity index (χ4v) is 2.48. The van der Waals surface area contributed by atoms with Crippen molar-refractivity contribution in [3.8, 4) is 0 Å². The topological polar surface area (TPSA) is 61.9 Å². The molecule has 1 aliphatic heterocycles. The predicted octanol–water partition coefficient (Wildman–Crippen LogP) is 0.408. The predicted molar refractivity (Wildman–Crippen MR) is 67.7 cm³/mol. The maximum absolute atomic E-state index is 11.7. The second-order valence-corrected chi connectivity index (χ2v) is 5.02. The van der Waals surface area contributed by atoms with Crippen molar-refractivity contribution in [1.29, 1.82) is 0 Å². The monoisotopic (exact) mass is 238 g/mol. The van der Waals surface area contributed by atoms with Gasteiger partial charge >= 0.3 is 0 Å². The molecule has 2 N–H and O–H groups in total. The summed E-state index contributed by atoms with van der Waals surface area (Å²) >= 11 is 0. The van der Waals surface area contributed by atoms with Gasteiger partial charge < -0.3 is 15.5 Å². The molecule has 1 heterocycles. The third kappa shape index (κ3) is 3.11. The molecule has 5 heteroatoms. The van der Waals surface area contributed by atoms with Crippen LogP contribution in [0.15, 0.2) is 4.99 Å². The lowest BCUT2D eigenvalue weighted by molar-refractivity contribution is -0.129. The Labute approximate surface area is 103 Å². The molecule has 1 amide bonds. The largest absolute Gasteiger partial charge is 0.370 e. The zero-order valence-electron chi connectivity index (χ0n) is 10.6. The van der Waals surface area contributed by atoms with Crippen molar-refractivity contribution < 1.29 is 4.79 Å². The van der Waals surface area contributed by atoms with Gasteiger partial charge in [-0.05, 0) is 19.3 Å². The van der Waals surface area contributed by atoms with Crippen molar-refractivity contribution in [2.45, 2.75) is 38.1 Å². The summed E-state index contributed by atoms with van der Waals surface area (Å²) in [5, 5.41) is 0. The molecule has 96 valence electrons. The Morgan fingerprint density at radius 2 is 2.00 bits per heavy atom. The van der Waals surface area contributed by atoms with Crippen LogP contribution in [0.1, 0.15) is 32.1 Å². The van der Waals surface area contributed by atoms with Gasteiger partial charge in [0.05, 0.1) is 12.6 Å². The summed E-state index contributed by atoms with van der Waals surface area (Å²) in [6.45, 7) is 2.02. The minimum atomic E-state index is 0.132. The van der Waals surface area contributed by atoms with Gasteiger partial charge in [-0.3, -0.25) is 4.79 Å². The van der Waals surface area contributed by atoms with E-state index in [1.54, 1.807) is 4.90 Å². The second kappa shape index (κ2) is 5.38. The quantitative estimate of drug-likeness (QED) is 0.531. The zero-order valence-corrected chi connectivity index (χ0v) is 10.6. The molecule has 1 saturated heterocycles. The van der Waals surface area contributed by atoms with Crippen LogP contribution in [0.5, 0.6) is 0 Å². The average molecular weight is 238 g/mol. The number of aliphatic imine (C=N–C) groups is 1. The van der Waals surface area contributed by atoms with E-state index in [1.165, 1.54) is 12.8 Å². The van der Waals surface area contributed by atoms with Crippen molar-refractivity contribution in [3.05, 3.63) is 0 Å². The highest BCUT2D eigenvalue weighted by Gasteiger charge is 2.21.